The van der Waals surface area contributed by atoms with Crippen molar-refractivity contribution in [2.75, 3.05) is 19.8 Å². The summed E-state index contributed by atoms with van der Waals surface area (Å²) in [5.74, 6) is 0.0216. The van der Waals surface area contributed by atoms with Gasteiger partial charge in [0.15, 0.2) is 6.29 Å². The van der Waals surface area contributed by atoms with Crippen LogP contribution in [0.25, 0.3) is 0 Å². The molecule has 0 unspecified atom stereocenters. The maximum Gasteiger partial charge on any atom is 0.222 e. The Morgan fingerprint density at radius 2 is 1.71 bits per heavy atom. The highest BCUT2D eigenvalue weighted by Crippen LogP contribution is 1.95. The number of carbonyl (C=O) groups excluding carboxylic acids is 1. The van der Waals surface area contributed by atoms with Crippen LogP contribution >= 0.6 is 0 Å². The molecule has 0 aliphatic carbocycles. The molecule has 4 heteroatoms. The van der Waals surface area contributed by atoms with Crippen LogP contribution in [-0.4, -0.2) is 32.0 Å². The molecule has 0 atom stereocenters. The van der Waals surface area contributed by atoms with E-state index in [1.807, 2.05) is 27.7 Å². The van der Waals surface area contributed by atoms with E-state index in [0.717, 1.165) is 0 Å². The maximum atomic E-state index is 11.2. The maximum absolute atomic E-state index is 11.2. The molecule has 0 heterocycles. The molecule has 0 aliphatic rings. The van der Waals surface area contributed by atoms with Crippen molar-refractivity contribution in [1.29, 1.82) is 0 Å². The van der Waals surface area contributed by atoms with E-state index in [4.69, 9.17) is 9.47 Å². The fourth-order valence-electron chi connectivity index (χ4n) is 0.926. The van der Waals surface area contributed by atoms with Crippen molar-refractivity contribution in [3.8, 4) is 0 Å². The predicted octanol–water partition coefficient (Wildman–Crippen LogP) is 1.16. The Morgan fingerprint density at radius 3 is 2.07 bits per heavy atom. The molecule has 0 fully saturated rings. The Kier molecular flexibility index (Phi) is 7.42. The lowest BCUT2D eigenvalue weighted by atomic mass is 10.2. The normalized spacial score (nSPS) is 11.0. The summed E-state index contributed by atoms with van der Waals surface area (Å²) in [4.78, 5) is 11.2. The molecule has 14 heavy (non-hydrogen) atoms. The molecule has 0 bridgehead atoms. The van der Waals surface area contributed by atoms with Crippen molar-refractivity contribution in [2.24, 2.45) is 5.92 Å². The third-order valence-corrected chi connectivity index (χ3v) is 1.67. The lowest BCUT2D eigenvalue weighted by Crippen LogP contribution is -2.37. The van der Waals surface area contributed by atoms with Crippen LogP contribution in [0.15, 0.2) is 0 Å². The fourth-order valence-corrected chi connectivity index (χ4v) is 0.926. The Balaban J connectivity index is 3.74. The molecule has 0 aromatic carbocycles. The van der Waals surface area contributed by atoms with E-state index >= 15 is 0 Å². The summed E-state index contributed by atoms with van der Waals surface area (Å²) in [6.07, 6.45) is -0.326. The zero-order chi connectivity index (χ0) is 11.0. The zero-order valence-electron chi connectivity index (χ0n) is 9.50. The SMILES string of the molecule is CCOC(CNC(=O)C(C)C)OCC. The smallest absolute Gasteiger partial charge is 0.222 e. The lowest BCUT2D eigenvalue weighted by Gasteiger charge is -2.18. The fraction of sp³-hybridized carbons (Fsp3) is 0.900. The Morgan fingerprint density at radius 1 is 1.21 bits per heavy atom. The van der Waals surface area contributed by atoms with E-state index in [9.17, 15) is 4.79 Å². The minimum atomic E-state index is -0.326. The second-order valence-corrected chi connectivity index (χ2v) is 3.24. The highest BCUT2D eigenvalue weighted by molar-refractivity contribution is 5.77. The van der Waals surface area contributed by atoms with Gasteiger partial charge in [-0.05, 0) is 13.8 Å². The van der Waals surface area contributed by atoms with Gasteiger partial charge in [-0.25, -0.2) is 0 Å². The third kappa shape index (κ3) is 5.94. The van der Waals surface area contributed by atoms with Crippen LogP contribution < -0.4 is 5.32 Å². The van der Waals surface area contributed by atoms with Gasteiger partial charge in [-0.15, -0.1) is 0 Å². The Bertz CT molecular complexity index is 153. The molecular formula is C10H21NO3. The van der Waals surface area contributed by atoms with E-state index in [1.165, 1.54) is 0 Å². The molecule has 0 spiro atoms. The first-order valence-electron chi connectivity index (χ1n) is 5.12. The average Bonchev–Trinajstić information content (AvgIpc) is 2.14. The molecule has 0 radical (unpaired) electrons. The van der Waals surface area contributed by atoms with E-state index < -0.39 is 0 Å². The van der Waals surface area contributed by atoms with Crippen molar-refractivity contribution in [2.45, 2.75) is 34.0 Å². The number of amides is 1. The molecular weight excluding hydrogens is 182 g/mol. The summed E-state index contributed by atoms with van der Waals surface area (Å²) in [6.45, 7) is 9.09. The molecule has 0 rings (SSSR count). The number of rotatable bonds is 7. The highest BCUT2D eigenvalue weighted by atomic mass is 16.7. The number of hydrogen-bond acceptors (Lipinski definition) is 3. The van der Waals surface area contributed by atoms with Crippen LogP contribution in [0.2, 0.25) is 0 Å². The standard InChI is InChI=1S/C10H21NO3/c1-5-13-9(14-6-2)7-11-10(12)8(3)4/h8-9H,5-7H2,1-4H3,(H,11,12). The molecule has 0 aromatic rings. The van der Waals surface area contributed by atoms with Crippen molar-refractivity contribution in [1.82, 2.24) is 5.32 Å². The number of hydrogen-bond donors (Lipinski definition) is 1. The summed E-state index contributed by atoms with van der Waals surface area (Å²) < 4.78 is 10.6. The van der Waals surface area contributed by atoms with Crippen LogP contribution in [0.3, 0.4) is 0 Å². The summed E-state index contributed by atoms with van der Waals surface area (Å²) in [5.41, 5.74) is 0. The van der Waals surface area contributed by atoms with Gasteiger partial charge in [0.1, 0.15) is 0 Å². The van der Waals surface area contributed by atoms with E-state index in [1.54, 1.807) is 0 Å². The van der Waals surface area contributed by atoms with E-state index in [-0.39, 0.29) is 18.1 Å². The predicted molar refractivity (Wildman–Crippen MR) is 54.9 cm³/mol. The number of ether oxygens (including phenoxy) is 2. The minimum Gasteiger partial charge on any atom is -0.351 e. The first-order chi connectivity index (χ1) is 6.61. The van der Waals surface area contributed by atoms with E-state index in [0.29, 0.717) is 19.8 Å². The van der Waals surface area contributed by atoms with Gasteiger partial charge in [-0.1, -0.05) is 13.8 Å². The van der Waals surface area contributed by atoms with Crippen molar-refractivity contribution in [3.63, 3.8) is 0 Å². The van der Waals surface area contributed by atoms with Crippen LogP contribution in [0.4, 0.5) is 0 Å². The average molecular weight is 203 g/mol. The first-order valence-corrected chi connectivity index (χ1v) is 5.12. The summed E-state index contributed by atoms with van der Waals surface area (Å²) in [5, 5.41) is 2.76. The van der Waals surface area contributed by atoms with Gasteiger partial charge >= 0.3 is 0 Å². The Hall–Kier alpha value is -0.610. The molecule has 1 N–H and O–H groups in total. The van der Waals surface area contributed by atoms with Gasteiger partial charge in [-0.3, -0.25) is 4.79 Å². The van der Waals surface area contributed by atoms with Crippen LogP contribution in [-0.2, 0) is 14.3 Å². The van der Waals surface area contributed by atoms with Crippen molar-refractivity contribution in [3.05, 3.63) is 0 Å². The van der Waals surface area contributed by atoms with Gasteiger partial charge in [0.25, 0.3) is 0 Å². The van der Waals surface area contributed by atoms with Crippen molar-refractivity contribution < 1.29 is 14.3 Å². The zero-order valence-corrected chi connectivity index (χ0v) is 9.50. The first kappa shape index (κ1) is 13.4. The van der Waals surface area contributed by atoms with Crippen LogP contribution in [0, 0.1) is 5.92 Å². The number of carbonyl (C=O) groups is 1. The Labute approximate surface area is 86.0 Å². The third-order valence-electron chi connectivity index (χ3n) is 1.67. The molecule has 0 saturated heterocycles. The summed E-state index contributed by atoms with van der Waals surface area (Å²) in [7, 11) is 0. The van der Waals surface area contributed by atoms with Gasteiger partial charge in [-0.2, -0.15) is 0 Å². The highest BCUT2D eigenvalue weighted by Gasteiger charge is 2.11. The lowest BCUT2D eigenvalue weighted by molar-refractivity contribution is -0.141. The van der Waals surface area contributed by atoms with Gasteiger partial charge < -0.3 is 14.8 Å². The minimum absolute atomic E-state index is 0.00102. The summed E-state index contributed by atoms with van der Waals surface area (Å²) >= 11 is 0. The van der Waals surface area contributed by atoms with Crippen LogP contribution in [0.5, 0.6) is 0 Å². The van der Waals surface area contributed by atoms with Gasteiger partial charge in [0.05, 0.1) is 6.54 Å². The molecule has 1 amide bonds. The van der Waals surface area contributed by atoms with Gasteiger partial charge in [0.2, 0.25) is 5.91 Å². The van der Waals surface area contributed by atoms with Crippen LogP contribution in [0.1, 0.15) is 27.7 Å². The molecule has 0 aliphatic heterocycles. The van der Waals surface area contributed by atoms with Crippen molar-refractivity contribution >= 4 is 5.91 Å². The molecule has 4 nitrogen and oxygen atoms in total. The molecule has 0 aromatic heterocycles. The summed E-state index contributed by atoms with van der Waals surface area (Å²) in [6, 6.07) is 0. The second kappa shape index (κ2) is 7.76. The quantitative estimate of drug-likeness (QED) is 0.632. The second-order valence-electron chi connectivity index (χ2n) is 3.24. The number of nitrogens with one attached hydrogen (secondary N) is 1. The van der Waals surface area contributed by atoms with Gasteiger partial charge in [0, 0.05) is 19.1 Å². The molecule has 84 valence electrons. The monoisotopic (exact) mass is 203 g/mol. The topological polar surface area (TPSA) is 47.6 Å². The largest absolute Gasteiger partial charge is 0.351 e. The van der Waals surface area contributed by atoms with E-state index in [2.05, 4.69) is 5.32 Å². The molecule has 0 saturated carbocycles.